The maximum absolute atomic E-state index is 14.0. The summed E-state index contributed by atoms with van der Waals surface area (Å²) in [6.07, 6.45) is -0.610. The minimum atomic E-state index is -4.02. The molecule has 0 radical (unpaired) electrons. The van der Waals surface area contributed by atoms with Crippen LogP contribution < -0.4 is 4.72 Å². The number of hydrogen-bond donors (Lipinski definition) is 1. The number of carbonyl (C=O) groups is 2. The lowest BCUT2D eigenvalue weighted by Gasteiger charge is -2.32. The molecule has 0 bridgehead atoms. The maximum Gasteiger partial charge on any atom is 0.325 e. The topological polar surface area (TPSA) is 105 Å². The standard InChI is InChI=1S/C36H38ClN3O6S/c1-4-45-31(41)24-40-33(26-13-8-6-9-14-26)34(36(42)46-5-2)39(35(40)27-15-10-7-11-16-27)23-28-17-12-18-30(37)32(28)38-47(43,44)29-21-19-25(3)20-22-29/h6-22,33-35,38H,4-5,23-24H2,1-3H3/t33-,34-,35+/m0/s1. The molecular weight excluding hydrogens is 638 g/mol. The lowest BCUT2D eigenvalue weighted by Crippen LogP contribution is -2.41. The first-order valence-corrected chi connectivity index (χ1v) is 17.3. The van der Waals surface area contributed by atoms with Gasteiger partial charge in [0.1, 0.15) is 6.04 Å². The fourth-order valence-electron chi connectivity index (χ4n) is 6.03. The molecule has 4 aromatic carbocycles. The van der Waals surface area contributed by atoms with Gasteiger partial charge < -0.3 is 9.47 Å². The molecule has 1 heterocycles. The van der Waals surface area contributed by atoms with Crippen LogP contribution in [-0.2, 0) is 35.6 Å². The van der Waals surface area contributed by atoms with Gasteiger partial charge in [-0.3, -0.25) is 24.1 Å². The SMILES string of the molecule is CCOC(=O)CN1[C@H](c2ccccc2)N(Cc2cccc(Cl)c2NS(=O)(=O)c2ccc(C)cc2)[C@H](C(=O)OCC)[C@@H]1c1ccccc1. The zero-order valence-corrected chi connectivity index (χ0v) is 28.1. The van der Waals surface area contributed by atoms with E-state index in [4.69, 9.17) is 21.1 Å². The second kappa shape index (κ2) is 15.1. The van der Waals surface area contributed by atoms with Gasteiger partial charge >= 0.3 is 11.9 Å². The van der Waals surface area contributed by atoms with Crippen molar-refractivity contribution in [3.05, 3.63) is 130 Å². The Bertz CT molecular complexity index is 1790. The van der Waals surface area contributed by atoms with Crippen LogP contribution in [0.25, 0.3) is 0 Å². The number of ether oxygens (including phenoxy) is 2. The molecule has 1 aliphatic heterocycles. The summed E-state index contributed by atoms with van der Waals surface area (Å²) in [6, 6.07) is 29.2. The van der Waals surface area contributed by atoms with Gasteiger partial charge in [0.05, 0.1) is 47.6 Å². The van der Waals surface area contributed by atoms with E-state index < -0.39 is 40.2 Å². The molecule has 11 heteroatoms. The summed E-state index contributed by atoms with van der Waals surface area (Å²) in [5.74, 6) is -0.911. The van der Waals surface area contributed by atoms with Crippen molar-refractivity contribution < 1.29 is 27.5 Å². The van der Waals surface area contributed by atoms with Crippen LogP contribution in [0.2, 0.25) is 5.02 Å². The lowest BCUT2D eigenvalue weighted by atomic mass is 9.98. The normalized spacial score (nSPS) is 18.5. The van der Waals surface area contributed by atoms with Crippen LogP contribution in [0, 0.1) is 6.92 Å². The zero-order chi connectivity index (χ0) is 33.6. The predicted octanol–water partition coefficient (Wildman–Crippen LogP) is 6.50. The van der Waals surface area contributed by atoms with Gasteiger partial charge in [-0.2, -0.15) is 0 Å². The van der Waals surface area contributed by atoms with Gasteiger partial charge in [-0.05, 0) is 55.7 Å². The summed E-state index contributed by atoms with van der Waals surface area (Å²) in [5, 5.41) is 0.198. The van der Waals surface area contributed by atoms with Crippen LogP contribution in [0.3, 0.4) is 0 Å². The molecule has 9 nitrogen and oxygen atoms in total. The third-order valence-corrected chi connectivity index (χ3v) is 9.73. The predicted molar refractivity (Wildman–Crippen MR) is 181 cm³/mol. The molecule has 0 amide bonds. The van der Waals surface area contributed by atoms with E-state index in [2.05, 4.69) is 4.72 Å². The summed E-state index contributed by atoms with van der Waals surface area (Å²) < 4.78 is 40.9. The third-order valence-electron chi connectivity index (χ3n) is 8.05. The van der Waals surface area contributed by atoms with Crippen molar-refractivity contribution in [2.75, 3.05) is 24.5 Å². The first-order valence-electron chi connectivity index (χ1n) is 15.4. The van der Waals surface area contributed by atoms with E-state index in [9.17, 15) is 18.0 Å². The summed E-state index contributed by atoms with van der Waals surface area (Å²) >= 11 is 6.68. The Morgan fingerprint density at radius 3 is 2.02 bits per heavy atom. The van der Waals surface area contributed by atoms with E-state index in [1.54, 1.807) is 44.2 Å². The number of para-hydroxylation sites is 1. The van der Waals surface area contributed by atoms with Crippen molar-refractivity contribution in [2.45, 2.75) is 50.5 Å². The van der Waals surface area contributed by atoms with E-state index in [1.807, 2.05) is 77.4 Å². The van der Waals surface area contributed by atoms with Gasteiger partial charge in [0.15, 0.2) is 0 Å². The molecule has 0 saturated carbocycles. The van der Waals surface area contributed by atoms with Crippen LogP contribution in [0.4, 0.5) is 5.69 Å². The number of halogens is 1. The fraction of sp³-hybridized carbons (Fsp3) is 0.278. The van der Waals surface area contributed by atoms with Crippen molar-refractivity contribution in [3.63, 3.8) is 0 Å². The average molecular weight is 676 g/mol. The third kappa shape index (κ3) is 7.68. The van der Waals surface area contributed by atoms with Crippen LogP contribution >= 0.6 is 11.6 Å². The van der Waals surface area contributed by atoms with E-state index >= 15 is 0 Å². The maximum atomic E-state index is 14.0. The summed E-state index contributed by atoms with van der Waals surface area (Å²) in [4.78, 5) is 31.1. The minimum absolute atomic E-state index is 0.0814. The van der Waals surface area contributed by atoms with Crippen molar-refractivity contribution in [3.8, 4) is 0 Å². The first-order chi connectivity index (χ1) is 22.6. The van der Waals surface area contributed by atoms with Crippen LogP contribution in [-0.4, -0.2) is 56.0 Å². The number of sulfonamides is 1. The molecular formula is C36H38ClN3O6S. The van der Waals surface area contributed by atoms with E-state index in [1.165, 1.54) is 12.1 Å². The average Bonchev–Trinajstić information content (AvgIpc) is 3.37. The molecule has 5 rings (SSSR count). The second-order valence-electron chi connectivity index (χ2n) is 11.2. The Hall–Kier alpha value is -4.22. The van der Waals surface area contributed by atoms with Gasteiger partial charge in [0, 0.05) is 6.54 Å². The van der Waals surface area contributed by atoms with Crippen LogP contribution in [0.1, 0.15) is 48.3 Å². The summed E-state index contributed by atoms with van der Waals surface area (Å²) in [5.41, 5.74) is 3.30. The van der Waals surface area contributed by atoms with Crippen molar-refractivity contribution in [1.82, 2.24) is 9.80 Å². The monoisotopic (exact) mass is 675 g/mol. The zero-order valence-electron chi connectivity index (χ0n) is 26.5. The molecule has 3 atom stereocenters. The number of carbonyl (C=O) groups excluding carboxylic acids is 2. The number of esters is 2. The molecule has 0 spiro atoms. The second-order valence-corrected chi connectivity index (χ2v) is 13.3. The number of hydrogen-bond acceptors (Lipinski definition) is 8. The highest BCUT2D eigenvalue weighted by atomic mass is 35.5. The van der Waals surface area contributed by atoms with E-state index in [0.29, 0.717) is 5.56 Å². The first kappa shape index (κ1) is 34.1. The Labute approximate surface area is 281 Å². The number of rotatable bonds is 12. The molecule has 246 valence electrons. The van der Waals surface area contributed by atoms with E-state index in [-0.39, 0.29) is 41.9 Å². The Morgan fingerprint density at radius 2 is 1.40 bits per heavy atom. The Kier molecular flexibility index (Phi) is 11.0. The Morgan fingerprint density at radius 1 is 0.787 bits per heavy atom. The molecule has 1 saturated heterocycles. The molecule has 1 aliphatic rings. The minimum Gasteiger partial charge on any atom is -0.465 e. The summed E-state index contributed by atoms with van der Waals surface area (Å²) in [6.45, 7) is 5.70. The van der Waals surface area contributed by atoms with Gasteiger partial charge in [-0.15, -0.1) is 0 Å². The van der Waals surface area contributed by atoms with Crippen LogP contribution in [0.15, 0.2) is 108 Å². The van der Waals surface area contributed by atoms with Crippen molar-refractivity contribution >= 4 is 39.3 Å². The molecule has 1 fully saturated rings. The number of nitrogens with one attached hydrogen (secondary N) is 1. The van der Waals surface area contributed by atoms with Gasteiger partial charge in [-0.25, -0.2) is 8.42 Å². The highest BCUT2D eigenvalue weighted by molar-refractivity contribution is 7.92. The molecule has 4 aromatic rings. The fourth-order valence-corrected chi connectivity index (χ4v) is 7.45. The molecule has 0 aliphatic carbocycles. The molecule has 0 unspecified atom stereocenters. The van der Waals surface area contributed by atoms with Crippen molar-refractivity contribution in [1.29, 1.82) is 0 Å². The molecule has 47 heavy (non-hydrogen) atoms. The van der Waals surface area contributed by atoms with Gasteiger partial charge in [0.25, 0.3) is 10.0 Å². The smallest absolute Gasteiger partial charge is 0.325 e. The van der Waals surface area contributed by atoms with E-state index in [0.717, 1.165) is 16.7 Å². The molecule has 0 aromatic heterocycles. The molecule has 1 N–H and O–H groups in total. The van der Waals surface area contributed by atoms with Gasteiger partial charge in [0.2, 0.25) is 0 Å². The quantitative estimate of drug-likeness (QED) is 0.170. The largest absolute Gasteiger partial charge is 0.465 e. The highest BCUT2D eigenvalue weighted by Crippen LogP contribution is 2.47. The van der Waals surface area contributed by atoms with Crippen molar-refractivity contribution in [2.24, 2.45) is 0 Å². The number of anilines is 1. The Balaban J connectivity index is 1.66. The number of benzene rings is 4. The van der Waals surface area contributed by atoms with Gasteiger partial charge in [-0.1, -0.05) is 102 Å². The summed E-state index contributed by atoms with van der Waals surface area (Å²) in [7, 11) is -4.02. The highest BCUT2D eigenvalue weighted by Gasteiger charge is 2.53. The van der Waals surface area contributed by atoms with Crippen LogP contribution in [0.5, 0.6) is 0 Å². The number of aryl methyl sites for hydroxylation is 1. The lowest BCUT2D eigenvalue weighted by molar-refractivity contribution is -0.150. The number of nitrogens with zero attached hydrogens (tertiary/aromatic N) is 2.